The summed E-state index contributed by atoms with van der Waals surface area (Å²) < 4.78 is 5.83. The van der Waals surface area contributed by atoms with Gasteiger partial charge < -0.3 is 15.4 Å². The number of halogens is 2. The first-order valence-corrected chi connectivity index (χ1v) is 9.50. The van der Waals surface area contributed by atoms with Crippen molar-refractivity contribution in [3.05, 3.63) is 64.7 Å². The smallest absolute Gasteiger partial charge is 0.224 e. The maximum Gasteiger partial charge on any atom is 0.224 e. The predicted octanol–water partition coefficient (Wildman–Crippen LogP) is 4.00. The molecule has 2 aromatic carbocycles. The van der Waals surface area contributed by atoms with E-state index in [0.29, 0.717) is 24.0 Å². The first-order chi connectivity index (χ1) is 12.7. The Morgan fingerprint density at radius 3 is 2.78 bits per heavy atom. The van der Waals surface area contributed by atoms with E-state index in [4.69, 9.17) is 16.3 Å². The van der Waals surface area contributed by atoms with Crippen LogP contribution in [0.2, 0.25) is 5.02 Å². The fraction of sp³-hybridized carbons (Fsp3) is 0.381. The molecule has 0 radical (unpaired) electrons. The number of piperidine rings is 1. The van der Waals surface area contributed by atoms with Crippen LogP contribution in [0, 0.1) is 5.92 Å². The quantitative estimate of drug-likeness (QED) is 0.727. The molecule has 1 saturated heterocycles. The van der Waals surface area contributed by atoms with Crippen molar-refractivity contribution in [2.45, 2.75) is 25.9 Å². The molecule has 1 unspecified atom stereocenters. The largest absolute Gasteiger partial charge is 0.489 e. The molecule has 0 saturated carbocycles. The van der Waals surface area contributed by atoms with Gasteiger partial charge in [0, 0.05) is 11.6 Å². The van der Waals surface area contributed by atoms with Gasteiger partial charge in [0.1, 0.15) is 12.4 Å². The summed E-state index contributed by atoms with van der Waals surface area (Å²) in [6.07, 6.45) is 2.74. The Kier molecular flexibility index (Phi) is 8.92. The van der Waals surface area contributed by atoms with Crippen molar-refractivity contribution in [2.24, 2.45) is 5.92 Å². The van der Waals surface area contributed by atoms with Gasteiger partial charge in [0.05, 0.1) is 6.42 Å². The Bertz CT molecular complexity index is 734. The van der Waals surface area contributed by atoms with Gasteiger partial charge in [-0.2, -0.15) is 0 Å². The van der Waals surface area contributed by atoms with Crippen LogP contribution in [0.4, 0.5) is 0 Å². The van der Waals surface area contributed by atoms with Crippen molar-refractivity contribution < 1.29 is 9.53 Å². The maximum absolute atomic E-state index is 12.2. The first kappa shape index (κ1) is 21.5. The molecule has 2 aromatic rings. The molecule has 3 rings (SSSR count). The Balaban J connectivity index is 0.00000261. The van der Waals surface area contributed by atoms with E-state index >= 15 is 0 Å². The van der Waals surface area contributed by atoms with Gasteiger partial charge in [-0.25, -0.2) is 0 Å². The van der Waals surface area contributed by atoms with Gasteiger partial charge in [-0.05, 0) is 67.2 Å². The molecule has 2 N–H and O–H groups in total. The number of ether oxygens (including phenoxy) is 1. The van der Waals surface area contributed by atoms with Crippen LogP contribution in [0.25, 0.3) is 0 Å². The van der Waals surface area contributed by atoms with Crippen molar-refractivity contribution in [3.8, 4) is 5.75 Å². The highest BCUT2D eigenvalue weighted by Gasteiger charge is 2.14. The third-order valence-corrected chi connectivity index (χ3v) is 4.78. The number of benzene rings is 2. The summed E-state index contributed by atoms with van der Waals surface area (Å²) in [5.41, 5.74) is 1.97. The molecule has 146 valence electrons. The minimum Gasteiger partial charge on any atom is -0.489 e. The van der Waals surface area contributed by atoms with Crippen LogP contribution in [-0.2, 0) is 17.8 Å². The second kappa shape index (κ2) is 11.2. The zero-order valence-electron chi connectivity index (χ0n) is 15.2. The van der Waals surface area contributed by atoms with Crippen LogP contribution in [0.5, 0.6) is 5.75 Å². The molecule has 1 heterocycles. The van der Waals surface area contributed by atoms with E-state index in [0.717, 1.165) is 36.5 Å². The highest BCUT2D eigenvalue weighted by Crippen LogP contribution is 2.17. The predicted molar refractivity (Wildman–Crippen MR) is 112 cm³/mol. The van der Waals surface area contributed by atoms with Crippen LogP contribution in [0.1, 0.15) is 24.0 Å². The lowest BCUT2D eigenvalue weighted by Gasteiger charge is -2.22. The molecule has 1 aliphatic rings. The summed E-state index contributed by atoms with van der Waals surface area (Å²) >= 11 is 5.99. The molecule has 0 aromatic heterocycles. The maximum atomic E-state index is 12.2. The van der Waals surface area contributed by atoms with Gasteiger partial charge in [-0.15, -0.1) is 12.4 Å². The lowest BCUT2D eigenvalue weighted by molar-refractivity contribution is -0.120. The lowest BCUT2D eigenvalue weighted by atomic mass is 9.99. The normalized spacial score (nSPS) is 16.3. The van der Waals surface area contributed by atoms with E-state index in [2.05, 4.69) is 10.6 Å². The summed E-state index contributed by atoms with van der Waals surface area (Å²) in [6, 6.07) is 15.3. The van der Waals surface area contributed by atoms with Crippen LogP contribution in [-0.4, -0.2) is 25.5 Å². The summed E-state index contributed by atoms with van der Waals surface area (Å²) in [6.45, 7) is 3.28. The van der Waals surface area contributed by atoms with Gasteiger partial charge in [0.15, 0.2) is 0 Å². The monoisotopic (exact) mass is 408 g/mol. The van der Waals surface area contributed by atoms with Crippen molar-refractivity contribution in [3.63, 3.8) is 0 Å². The molecule has 0 aliphatic carbocycles. The number of amides is 1. The van der Waals surface area contributed by atoms with Crippen LogP contribution >= 0.6 is 24.0 Å². The van der Waals surface area contributed by atoms with Gasteiger partial charge in [0.2, 0.25) is 5.91 Å². The highest BCUT2D eigenvalue weighted by atomic mass is 35.5. The minimum atomic E-state index is 0. The van der Waals surface area contributed by atoms with Crippen LogP contribution in [0.15, 0.2) is 48.5 Å². The fourth-order valence-corrected chi connectivity index (χ4v) is 3.36. The second-order valence-electron chi connectivity index (χ2n) is 6.76. The number of carbonyl (C=O) groups excluding carboxylic acids is 1. The second-order valence-corrected chi connectivity index (χ2v) is 7.20. The highest BCUT2D eigenvalue weighted by molar-refractivity contribution is 6.30. The van der Waals surface area contributed by atoms with E-state index < -0.39 is 0 Å². The summed E-state index contributed by atoms with van der Waals surface area (Å²) in [5.74, 6) is 1.36. The zero-order valence-corrected chi connectivity index (χ0v) is 16.8. The minimum absolute atomic E-state index is 0. The molecule has 1 atom stereocenters. The van der Waals surface area contributed by atoms with E-state index in [-0.39, 0.29) is 18.3 Å². The number of rotatable bonds is 7. The first-order valence-electron chi connectivity index (χ1n) is 9.12. The molecule has 1 fully saturated rings. The lowest BCUT2D eigenvalue weighted by Crippen LogP contribution is -2.38. The third kappa shape index (κ3) is 7.41. The molecule has 6 heteroatoms. The van der Waals surface area contributed by atoms with Crippen LogP contribution in [0.3, 0.4) is 0 Å². The van der Waals surface area contributed by atoms with Crippen molar-refractivity contribution >= 4 is 29.9 Å². The molecule has 4 nitrogen and oxygen atoms in total. The van der Waals surface area contributed by atoms with Crippen molar-refractivity contribution in [1.82, 2.24) is 10.6 Å². The van der Waals surface area contributed by atoms with E-state index in [1.165, 1.54) is 12.8 Å². The Labute approximate surface area is 172 Å². The molecule has 27 heavy (non-hydrogen) atoms. The van der Waals surface area contributed by atoms with Gasteiger partial charge in [-0.3, -0.25) is 4.79 Å². The zero-order chi connectivity index (χ0) is 18.2. The van der Waals surface area contributed by atoms with Crippen molar-refractivity contribution in [1.29, 1.82) is 0 Å². The number of carbonyl (C=O) groups is 1. The molecule has 1 aliphatic heterocycles. The average Bonchev–Trinajstić information content (AvgIpc) is 2.66. The number of hydrogen-bond donors (Lipinski definition) is 2. The topological polar surface area (TPSA) is 50.4 Å². The molecule has 1 amide bonds. The number of nitrogens with one attached hydrogen (secondary N) is 2. The Morgan fingerprint density at radius 2 is 2.00 bits per heavy atom. The molecular weight excluding hydrogens is 383 g/mol. The van der Waals surface area contributed by atoms with E-state index in [1.54, 1.807) is 0 Å². The summed E-state index contributed by atoms with van der Waals surface area (Å²) in [4.78, 5) is 12.2. The summed E-state index contributed by atoms with van der Waals surface area (Å²) in [7, 11) is 0. The number of hydrogen-bond acceptors (Lipinski definition) is 3. The SMILES string of the molecule is Cl.O=C(Cc1cccc(OCc2cccc(Cl)c2)c1)NCC1CCCNC1. The van der Waals surface area contributed by atoms with Crippen molar-refractivity contribution in [2.75, 3.05) is 19.6 Å². The van der Waals surface area contributed by atoms with E-state index in [9.17, 15) is 4.79 Å². The van der Waals surface area contributed by atoms with Gasteiger partial charge >= 0.3 is 0 Å². The Morgan fingerprint density at radius 1 is 1.19 bits per heavy atom. The molecule has 0 spiro atoms. The average molecular weight is 409 g/mol. The van der Waals surface area contributed by atoms with Gasteiger partial charge in [0.25, 0.3) is 0 Å². The Hall–Kier alpha value is -1.75. The fourth-order valence-electron chi connectivity index (χ4n) is 3.14. The molecular formula is C21H26Cl2N2O2. The van der Waals surface area contributed by atoms with Crippen LogP contribution < -0.4 is 15.4 Å². The molecule has 0 bridgehead atoms. The van der Waals surface area contributed by atoms with E-state index in [1.807, 2.05) is 48.5 Å². The van der Waals surface area contributed by atoms with Gasteiger partial charge in [-0.1, -0.05) is 35.9 Å². The summed E-state index contributed by atoms with van der Waals surface area (Å²) in [5, 5.41) is 7.12. The standard InChI is InChI=1S/C21H25ClN2O2.ClH/c22-19-7-1-5-17(10-19)15-26-20-8-2-4-16(11-20)12-21(25)24-14-18-6-3-9-23-13-18;/h1-2,4-5,7-8,10-11,18,23H,3,6,9,12-15H2,(H,24,25);1H. The third-order valence-electron chi connectivity index (χ3n) is 4.54.